The van der Waals surface area contributed by atoms with E-state index in [-0.39, 0.29) is 11.9 Å². The number of benzene rings is 1. The number of rotatable bonds is 7. The molecule has 1 amide bonds. The second kappa shape index (κ2) is 9.94. The summed E-state index contributed by atoms with van der Waals surface area (Å²) in [5.41, 5.74) is 3.80. The van der Waals surface area contributed by atoms with Gasteiger partial charge in [-0.2, -0.15) is 0 Å². The number of nitrogens with one attached hydrogen (secondary N) is 2. The average Bonchev–Trinajstić information content (AvgIpc) is 3.27. The van der Waals surface area contributed by atoms with E-state index in [4.69, 9.17) is 4.52 Å². The number of aliphatic hydroxyl groups is 1. The molecule has 1 atom stereocenters. The molecule has 2 aliphatic rings. The van der Waals surface area contributed by atoms with Crippen molar-refractivity contribution in [2.24, 2.45) is 0 Å². The Bertz CT molecular complexity index is 1140. The first kappa shape index (κ1) is 22.5. The zero-order chi connectivity index (χ0) is 23.5. The van der Waals surface area contributed by atoms with Gasteiger partial charge in [-0.1, -0.05) is 29.4 Å². The zero-order valence-electron chi connectivity index (χ0n) is 19.4. The van der Waals surface area contributed by atoms with Crippen LogP contribution < -0.4 is 10.6 Å². The van der Waals surface area contributed by atoms with Gasteiger partial charge in [-0.05, 0) is 30.4 Å². The van der Waals surface area contributed by atoms with Crippen molar-refractivity contribution in [2.75, 3.05) is 43.4 Å². The topological polar surface area (TPSA) is 120 Å². The lowest BCUT2D eigenvalue weighted by molar-refractivity contribution is -0.129. The van der Waals surface area contributed by atoms with Crippen LogP contribution in [0.4, 0.5) is 11.6 Å². The van der Waals surface area contributed by atoms with Crippen molar-refractivity contribution in [2.45, 2.75) is 44.9 Å². The van der Waals surface area contributed by atoms with Crippen LogP contribution in [0.25, 0.3) is 11.1 Å². The van der Waals surface area contributed by atoms with Crippen LogP contribution in [0.3, 0.4) is 0 Å². The van der Waals surface area contributed by atoms with Gasteiger partial charge in [0.25, 0.3) is 0 Å². The van der Waals surface area contributed by atoms with Gasteiger partial charge in [-0.15, -0.1) is 0 Å². The Morgan fingerprint density at radius 1 is 1.18 bits per heavy atom. The maximum Gasteiger partial charge on any atom is 0.229 e. The number of fused-ring (bicyclic) bond motifs is 2. The zero-order valence-corrected chi connectivity index (χ0v) is 19.4. The van der Waals surface area contributed by atoms with Crippen LogP contribution >= 0.6 is 0 Å². The van der Waals surface area contributed by atoms with E-state index in [1.165, 1.54) is 17.5 Å². The Morgan fingerprint density at radius 3 is 2.76 bits per heavy atom. The summed E-state index contributed by atoms with van der Waals surface area (Å²) in [6.07, 6.45) is 3.63. The Balaban J connectivity index is 1.16. The molecule has 0 radical (unpaired) electrons. The molecule has 10 nitrogen and oxygen atoms in total. The number of β-amino-alcohol motifs (C(OH)–C–C–N with tert-alkyl or cyclic N) is 1. The molecule has 2 aromatic heterocycles. The Hall–Kier alpha value is -3.24. The molecule has 34 heavy (non-hydrogen) atoms. The monoisotopic (exact) mass is 465 g/mol. The molecule has 1 fully saturated rings. The molecule has 0 spiro atoms. The smallest absolute Gasteiger partial charge is 0.229 e. The van der Waals surface area contributed by atoms with E-state index in [0.717, 1.165) is 45.4 Å². The SMILES string of the molecule is CC(=O)N1CCC(Nc2ncnc3c(NCC(O)CN4CCc5ccccc5C4)noc23)CC1. The van der Waals surface area contributed by atoms with Crippen molar-refractivity contribution in [3.8, 4) is 0 Å². The van der Waals surface area contributed by atoms with Crippen molar-refractivity contribution in [3.05, 3.63) is 41.7 Å². The second-order valence-electron chi connectivity index (χ2n) is 9.14. The highest BCUT2D eigenvalue weighted by molar-refractivity contribution is 5.90. The molecule has 3 N–H and O–H groups in total. The lowest BCUT2D eigenvalue weighted by atomic mass is 10.00. The second-order valence-corrected chi connectivity index (χ2v) is 9.14. The van der Waals surface area contributed by atoms with Gasteiger partial charge in [0.05, 0.1) is 6.10 Å². The predicted octanol–water partition coefficient (Wildman–Crippen LogP) is 1.87. The van der Waals surface area contributed by atoms with E-state index in [1.807, 2.05) is 4.90 Å². The summed E-state index contributed by atoms with van der Waals surface area (Å²) in [4.78, 5) is 24.4. The first-order chi connectivity index (χ1) is 16.6. The largest absolute Gasteiger partial charge is 0.390 e. The molecular weight excluding hydrogens is 434 g/mol. The number of carbonyl (C=O) groups is 1. The van der Waals surface area contributed by atoms with Crippen LogP contribution in [0.1, 0.15) is 30.9 Å². The van der Waals surface area contributed by atoms with E-state index in [9.17, 15) is 9.90 Å². The molecule has 1 saturated heterocycles. The Labute approximate surface area is 198 Å². The van der Waals surface area contributed by atoms with Crippen LogP contribution in [0.15, 0.2) is 35.1 Å². The van der Waals surface area contributed by atoms with Gasteiger partial charge in [0.2, 0.25) is 11.5 Å². The van der Waals surface area contributed by atoms with E-state index in [2.05, 4.69) is 54.9 Å². The van der Waals surface area contributed by atoms with Crippen LogP contribution in [0, 0.1) is 0 Å². The maximum atomic E-state index is 11.5. The lowest BCUT2D eigenvalue weighted by Crippen LogP contribution is -2.41. The van der Waals surface area contributed by atoms with Gasteiger partial charge in [-0.25, -0.2) is 9.97 Å². The quantitative estimate of drug-likeness (QED) is 0.480. The molecule has 1 aromatic carbocycles. The number of aliphatic hydroxyl groups excluding tert-OH is 1. The number of nitrogens with zero attached hydrogens (tertiary/aromatic N) is 5. The van der Waals surface area contributed by atoms with Crippen molar-refractivity contribution in [3.63, 3.8) is 0 Å². The number of hydrogen-bond donors (Lipinski definition) is 3. The van der Waals surface area contributed by atoms with Crippen LogP contribution in [0.5, 0.6) is 0 Å². The molecule has 10 heteroatoms. The third kappa shape index (κ3) is 4.97. The minimum absolute atomic E-state index is 0.112. The van der Waals surface area contributed by atoms with Crippen LogP contribution in [0.2, 0.25) is 0 Å². The molecular formula is C24H31N7O3. The maximum absolute atomic E-state index is 11.5. The lowest BCUT2D eigenvalue weighted by Gasteiger charge is -2.31. The average molecular weight is 466 g/mol. The van der Waals surface area contributed by atoms with Gasteiger partial charge in [-0.3, -0.25) is 9.69 Å². The third-order valence-corrected chi connectivity index (χ3v) is 6.72. The number of carbonyl (C=O) groups excluding carboxylic acids is 1. The van der Waals surface area contributed by atoms with Crippen molar-refractivity contribution in [1.82, 2.24) is 24.9 Å². The number of aromatic nitrogens is 3. The highest BCUT2D eigenvalue weighted by atomic mass is 16.5. The van der Waals surface area contributed by atoms with E-state index in [1.54, 1.807) is 6.92 Å². The fourth-order valence-electron chi connectivity index (χ4n) is 4.80. The van der Waals surface area contributed by atoms with Gasteiger partial charge in [0, 0.05) is 52.2 Å². The summed E-state index contributed by atoms with van der Waals surface area (Å²) in [6, 6.07) is 8.69. The highest BCUT2D eigenvalue weighted by Gasteiger charge is 2.24. The Morgan fingerprint density at radius 2 is 1.97 bits per heavy atom. The summed E-state index contributed by atoms with van der Waals surface area (Å²) in [5, 5.41) is 21.3. The highest BCUT2D eigenvalue weighted by Crippen LogP contribution is 2.27. The number of likely N-dealkylation sites (tertiary alicyclic amines) is 1. The molecule has 3 aromatic rings. The normalized spacial score (nSPS) is 18.0. The molecule has 5 rings (SSSR count). The fraction of sp³-hybridized carbons (Fsp3) is 0.500. The number of hydrogen-bond acceptors (Lipinski definition) is 9. The van der Waals surface area contributed by atoms with Gasteiger partial charge in [0.15, 0.2) is 17.2 Å². The van der Waals surface area contributed by atoms with Crippen molar-refractivity contribution >= 4 is 28.6 Å². The van der Waals surface area contributed by atoms with E-state index in [0.29, 0.717) is 35.8 Å². The first-order valence-corrected chi connectivity index (χ1v) is 11.9. The van der Waals surface area contributed by atoms with Gasteiger partial charge < -0.3 is 25.2 Å². The van der Waals surface area contributed by atoms with Gasteiger partial charge >= 0.3 is 0 Å². The minimum atomic E-state index is -0.553. The van der Waals surface area contributed by atoms with Crippen molar-refractivity contribution in [1.29, 1.82) is 0 Å². The third-order valence-electron chi connectivity index (χ3n) is 6.72. The Kier molecular flexibility index (Phi) is 6.59. The van der Waals surface area contributed by atoms with Gasteiger partial charge in [0.1, 0.15) is 6.33 Å². The first-order valence-electron chi connectivity index (χ1n) is 11.9. The summed E-state index contributed by atoms with van der Waals surface area (Å²) in [7, 11) is 0. The van der Waals surface area contributed by atoms with Crippen LogP contribution in [-0.4, -0.2) is 80.8 Å². The molecule has 0 bridgehead atoms. The summed E-state index contributed by atoms with van der Waals surface area (Å²) < 4.78 is 5.55. The number of piperidine rings is 1. The van der Waals surface area contributed by atoms with Crippen LogP contribution in [-0.2, 0) is 17.8 Å². The molecule has 4 heterocycles. The van der Waals surface area contributed by atoms with E-state index >= 15 is 0 Å². The summed E-state index contributed by atoms with van der Waals surface area (Å²) in [6.45, 7) is 5.78. The van der Waals surface area contributed by atoms with E-state index < -0.39 is 6.10 Å². The summed E-state index contributed by atoms with van der Waals surface area (Å²) in [5.74, 6) is 1.20. The fourth-order valence-corrected chi connectivity index (χ4v) is 4.80. The molecule has 1 unspecified atom stereocenters. The summed E-state index contributed by atoms with van der Waals surface area (Å²) >= 11 is 0. The van der Waals surface area contributed by atoms with Crippen molar-refractivity contribution < 1.29 is 14.4 Å². The minimum Gasteiger partial charge on any atom is -0.390 e. The molecule has 0 aliphatic carbocycles. The number of anilines is 2. The molecule has 0 saturated carbocycles. The number of amides is 1. The predicted molar refractivity (Wildman–Crippen MR) is 128 cm³/mol. The molecule has 2 aliphatic heterocycles. The standard InChI is InChI=1S/C24H31N7O3/c1-16(32)31-10-7-19(8-11-31)28-24-22-21(26-15-27-24)23(29-34-22)25-12-20(33)14-30-9-6-17-4-2-3-5-18(17)13-30/h2-5,15,19-20,33H,6-14H2,1H3,(H,25,29)(H,26,27,28). The molecule has 180 valence electrons.